The van der Waals surface area contributed by atoms with Crippen LogP contribution in [0.5, 0.6) is 0 Å². The van der Waals surface area contributed by atoms with Gasteiger partial charge in [0.2, 0.25) is 5.69 Å². The molecular formula is C60H49IrN5O-2. The number of nitrogens with zero attached hydrogens (tertiary/aromatic N) is 5. The summed E-state index contributed by atoms with van der Waals surface area (Å²) in [5.74, 6) is 1.26. The first-order valence-corrected chi connectivity index (χ1v) is 22.4. The van der Waals surface area contributed by atoms with E-state index >= 15 is 0 Å². The molecule has 0 saturated heterocycles. The van der Waals surface area contributed by atoms with Crippen LogP contribution in [0.2, 0.25) is 0 Å². The number of benzene rings is 7. The van der Waals surface area contributed by atoms with Crippen molar-refractivity contribution in [2.45, 2.75) is 65.7 Å². The molecule has 0 aliphatic carbocycles. The zero-order valence-corrected chi connectivity index (χ0v) is 41.0. The van der Waals surface area contributed by atoms with Gasteiger partial charge in [0, 0.05) is 37.4 Å². The van der Waals surface area contributed by atoms with Crippen molar-refractivity contribution >= 4 is 38.7 Å². The van der Waals surface area contributed by atoms with Crippen molar-refractivity contribution < 1.29 is 24.5 Å². The first-order chi connectivity index (χ1) is 31.9. The van der Waals surface area contributed by atoms with Crippen molar-refractivity contribution in [3.05, 3.63) is 204 Å². The first kappa shape index (κ1) is 46.1. The Labute approximate surface area is 406 Å². The van der Waals surface area contributed by atoms with Crippen molar-refractivity contribution in [2.24, 2.45) is 0 Å². The van der Waals surface area contributed by atoms with Crippen LogP contribution >= 0.6 is 0 Å². The molecule has 7 heteroatoms. The Morgan fingerprint density at radius 2 is 1.34 bits per heavy atom. The topological polar surface area (TPSA) is 72.0 Å². The minimum absolute atomic E-state index is 0. The van der Waals surface area contributed by atoms with Gasteiger partial charge in [-0.25, -0.2) is 0 Å². The molecule has 67 heavy (non-hydrogen) atoms. The molecule has 0 amide bonds. The van der Waals surface area contributed by atoms with E-state index in [0.717, 1.165) is 50.1 Å². The predicted octanol–water partition coefficient (Wildman–Crippen LogP) is 16.2. The summed E-state index contributed by atoms with van der Waals surface area (Å²) in [6.45, 7) is 22.7. The van der Waals surface area contributed by atoms with Crippen LogP contribution < -0.4 is 0 Å². The minimum Gasteiger partial charge on any atom is -0.500 e. The van der Waals surface area contributed by atoms with Gasteiger partial charge in [-0.2, -0.15) is 10.1 Å². The third kappa shape index (κ3) is 9.10. The van der Waals surface area contributed by atoms with Gasteiger partial charge in [-0.05, 0) is 104 Å². The molecule has 10 rings (SSSR count). The van der Waals surface area contributed by atoms with Gasteiger partial charge in [-0.1, -0.05) is 150 Å². The molecule has 0 atom stereocenters. The quantitative estimate of drug-likeness (QED) is 0.149. The fraction of sp³-hybridized carbons (Fsp3) is 0.167. The molecule has 0 spiro atoms. The Morgan fingerprint density at radius 3 is 1.99 bits per heavy atom. The van der Waals surface area contributed by atoms with Crippen LogP contribution in [-0.2, 0) is 25.5 Å². The number of aromatic nitrogens is 3. The Kier molecular flexibility index (Phi) is 13.2. The first-order valence-electron chi connectivity index (χ1n) is 22.4. The van der Waals surface area contributed by atoms with Crippen molar-refractivity contribution in [3.63, 3.8) is 0 Å². The average molecular weight is 1050 g/mol. The second-order valence-corrected chi connectivity index (χ2v) is 18.3. The van der Waals surface area contributed by atoms with E-state index in [1.807, 2.05) is 54.7 Å². The fourth-order valence-electron chi connectivity index (χ4n) is 8.58. The summed E-state index contributed by atoms with van der Waals surface area (Å²) >= 11 is 0. The van der Waals surface area contributed by atoms with E-state index in [2.05, 4.69) is 172 Å². The van der Waals surface area contributed by atoms with E-state index in [4.69, 9.17) is 16.0 Å². The summed E-state index contributed by atoms with van der Waals surface area (Å²) in [6.07, 6.45) is 1.88. The summed E-state index contributed by atoms with van der Waals surface area (Å²) in [5, 5.41) is 11.5. The molecule has 1 radical (unpaired) electrons. The molecule has 0 aliphatic heterocycles. The maximum absolute atomic E-state index is 9.53. The number of nitriles is 1. The summed E-state index contributed by atoms with van der Waals surface area (Å²) in [5.41, 5.74) is 16.6. The van der Waals surface area contributed by atoms with Crippen molar-refractivity contribution in [1.29, 1.82) is 5.26 Å². The number of rotatable bonds is 7. The molecular weight excluding hydrogens is 999 g/mol. The number of pyridine rings is 1. The molecule has 0 aliphatic rings. The Balaban J connectivity index is 0.000000270. The third-order valence-corrected chi connectivity index (χ3v) is 12.1. The third-order valence-electron chi connectivity index (χ3n) is 12.1. The largest absolute Gasteiger partial charge is 0.500 e. The predicted molar refractivity (Wildman–Crippen MR) is 270 cm³/mol. The van der Waals surface area contributed by atoms with Gasteiger partial charge in [0.05, 0.1) is 34.1 Å². The number of hydrogen-bond acceptors (Lipinski definition) is 4. The summed E-state index contributed by atoms with van der Waals surface area (Å²) in [4.78, 5) is 13.2. The Hall–Kier alpha value is -7.41. The van der Waals surface area contributed by atoms with Crippen LogP contribution in [-0.4, -0.2) is 14.5 Å². The van der Waals surface area contributed by atoms with E-state index in [1.54, 1.807) is 12.1 Å². The standard InChI is InChI=1S/C44H34N3O.C16H15N2.Ir/c1-27(2)37-24-33(32-20-18-31(19-21-32)30-11-6-5-7-12-30)25-38(28(3)4)42(37)47-40-16-9-8-15-39(40)46-44(47)36-14-10-13-35-34-22-17-29(26-45)23-41(34)48-43(35)36;1-16(2,3)12-9-10-15(18-11-12)13-7-5-6-8-14(13)17-4;/h5-13,15-25,27-28H,1-4H3;5-6,8-11H,1-3H3;/q2*-1;. The molecule has 0 fully saturated rings. The Bertz CT molecular complexity index is 3440. The number of imidazole rings is 1. The SMILES string of the molecule is CC(C)c1cc(-c2ccc(-c3ccccc3)cc2)cc(C(C)C)c1-n1c(-c2[c-]ccc3c2oc2cc(C#N)ccc23)nc2ccccc21.[C-]#[N+]c1ccc[c-]c1-c1ccc(C(C)(C)C)cn1.[Ir]. The van der Waals surface area contributed by atoms with Gasteiger partial charge in [-0.3, -0.25) is 4.98 Å². The van der Waals surface area contributed by atoms with E-state index in [-0.39, 0.29) is 37.4 Å². The monoisotopic (exact) mass is 1050 g/mol. The number of hydrogen-bond donors (Lipinski definition) is 0. The summed E-state index contributed by atoms with van der Waals surface area (Å²) in [7, 11) is 0. The molecule has 0 bridgehead atoms. The van der Waals surface area contributed by atoms with Gasteiger partial charge in [0.15, 0.2) is 0 Å². The smallest absolute Gasteiger partial charge is 0.235 e. The van der Waals surface area contributed by atoms with Crippen molar-refractivity contribution in [3.8, 4) is 56.7 Å². The van der Waals surface area contributed by atoms with E-state index in [0.29, 0.717) is 22.4 Å². The average Bonchev–Trinajstić information content (AvgIpc) is 3.92. The second-order valence-electron chi connectivity index (χ2n) is 18.3. The van der Waals surface area contributed by atoms with Crippen molar-refractivity contribution in [2.75, 3.05) is 0 Å². The van der Waals surface area contributed by atoms with Crippen LogP contribution in [0.3, 0.4) is 0 Å². The van der Waals surface area contributed by atoms with E-state index < -0.39 is 0 Å². The molecule has 0 N–H and O–H groups in total. The normalized spacial score (nSPS) is 11.3. The molecule has 0 unspecified atom stereocenters. The van der Waals surface area contributed by atoms with Gasteiger partial charge in [-0.15, -0.1) is 36.4 Å². The van der Waals surface area contributed by atoms with Crippen LogP contribution in [0.1, 0.15) is 82.6 Å². The Morgan fingerprint density at radius 1 is 0.687 bits per heavy atom. The molecule has 0 saturated carbocycles. The van der Waals surface area contributed by atoms with Gasteiger partial charge < -0.3 is 14.0 Å². The van der Waals surface area contributed by atoms with Crippen LogP contribution in [0.4, 0.5) is 5.69 Å². The molecule has 6 nitrogen and oxygen atoms in total. The fourth-order valence-corrected chi connectivity index (χ4v) is 8.58. The van der Waals surface area contributed by atoms with Gasteiger partial charge in [0.1, 0.15) is 12.2 Å². The van der Waals surface area contributed by atoms with Crippen molar-refractivity contribution in [1.82, 2.24) is 14.5 Å². The molecule has 10 aromatic rings. The minimum atomic E-state index is 0. The summed E-state index contributed by atoms with van der Waals surface area (Å²) in [6, 6.07) is 60.3. The molecule has 3 heterocycles. The maximum atomic E-state index is 9.53. The molecule has 331 valence electrons. The summed E-state index contributed by atoms with van der Waals surface area (Å²) < 4.78 is 8.83. The van der Waals surface area contributed by atoms with Gasteiger partial charge in [0.25, 0.3) is 0 Å². The van der Waals surface area contributed by atoms with E-state index in [9.17, 15) is 5.26 Å². The second kappa shape index (κ2) is 19.2. The van der Waals surface area contributed by atoms with Crippen LogP contribution in [0.15, 0.2) is 162 Å². The number of fused-ring (bicyclic) bond motifs is 4. The number of furan rings is 1. The molecule has 7 aromatic carbocycles. The van der Waals surface area contributed by atoms with Crippen LogP contribution in [0.25, 0.3) is 88.4 Å². The number of para-hydroxylation sites is 2. The van der Waals surface area contributed by atoms with Gasteiger partial charge >= 0.3 is 0 Å². The van der Waals surface area contributed by atoms with E-state index in [1.165, 1.54) is 38.9 Å². The maximum Gasteiger partial charge on any atom is 0.235 e. The van der Waals surface area contributed by atoms with Crippen LogP contribution in [0, 0.1) is 30.0 Å². The molecule has 3 aromatic heterocycles. The zero-order valence-electron chi connectivity index (χ0n) is 38.6. The zero-order chi connectivity index (χ0) is 46.1.